The van der Waals surface area contributed by atoms with E-state index in [2.05, 4.69) is 76.2 Å². The van der Waals surface area contributed by atoms with Crippen LogP contribution in [0.1, 0.15) is 94.9 Å². The molecule has 32 heavy (non-hydrogen) atoms. The second-order valence-corrected chi connectivity index (χ2v) is 8.63. The molecule has 0 amide bonds. The molecule has 2 aromatic rings. The maximum atomic E-state index is 11.6. The second kappa shape index (κ2) is 12.9. The van der Waals surface area contributed by atoms with E-state index in [-0.39, 0.29) is 16.5 Å². The van der Waals surface area contributed by atoms with Crippen LogP contribution in [0.4, 0.5) is 0 Å². The van der Waals surface area contributed by atoms with Gasteiger partial charge in [0.2, 0.25) is 11.4 Å². The van der Waals surface area contributed by atoms with E-state index in [4.69, 9.17) is 0 Å². The minimum absolute atomic E-state index is 0. The molecule has 0 aliphatic carbocycles. The predicted molar refractivity (Wildman–Crippen MR) is 133 cm³/mol. The molecule has 0 fully saturated rings. The quantitative estimate of drug-likeness (QED) is 0.177. The van der Waals surface area contributed by atoms with Gasteiger partial charge in [0.15, 0.2) is 0 Å². The summed E-state index contributed by atoms with van der Waals surface area (Å²) in [7, 11) is 0. The van der Waals surface area contributed by atoms with E-state index in [0.29, 0.717) is 0 Å². The van der Waals surface area contributed by atoms with Crippen molar-refractivity contribution in [2.75, 3.05) is 0 Å². The van der Waals surface area contributed by atoms with E-state index < -0.39 is 0 Å². The summed E-state index contributed by atoms with van der Waals surface area (Å²) in [6.07, 6.45) is 9.91. The van der Waals surface area contributed by atoms with Crippen LogP contribution in [-0.2, 0) is 29.3 Å². The van der Waals surface area contributed by atoms with Crippen molar-refractivity contribution < 1.29 is 21.2 Å². The van der Waals surface area contributed by atoms with Crippen LogP contribution in [0.5, 0.6) is 0 Å². The van der Waals surface area contributed by atoms with Gasteiger partial charge in [-0.2, -0.15) is 0 Å². The third kappa shape index (κ3) is 5.87. The Kier molecular flexibility index (Phi) is 10.6. The molecule has 3 heteroatoms. The first-order chi connectivity index (χ1) is 15.1. The van der Waals surface area contributed by atoms with E-state index in [0.717, 1.165) is 67.5 Å². The Hall–Kier alpha value is -1.99. The standard InChI is InChI=1S/C29H38N2.Ni/c1-5-9-11-19-27-26(18-10-6-2)28(24-16-12-14-22(7-3)20-24)31(30)29(27)25-17-13-15-23(8-4)21-25;/h12-17,20-21H,5-11,18-19H2,1-4H3;. The molecule has 0 saturated heterocycles. The molecule has 0 spiro atoms. The Morgan fingerprint density at radius 3 is 1.56 bits per heavy atom. The van der Waals surface area contributed by atoms with Crippen LogP contribution in [0.2, 0.25) is 0 Å². The number of hydrogen-bond donors (Lipinski definition) is 0. The fourth-order valence-electron chi connectivity index (χ4n) is 4.57. The van der Waals surface area contributed by atoms with E-state index in [1.54, 1.807) is 0 Å². The molecule has 0 radical (unpaired) electrons. The van der Waals surface area contributed by atoms with E-state index in [1.807, 2.05) is 0 Å². The smallest absolute Gasteiger partial charge is 0.211 e. The normalized spacial score (nSPS) is 13.7. The number of hydrogen-bond acceptors (Lipinski definition) is 0. The minimum atomic E-state index is 0. The Bertz CT molecular complexity index is 984. The minimum Gasteiger partial charge on any atom is -0.493 e. The zero-order valence-corrected chi connectivity index (χ0v) is 21.2. The van der Waals surface area contributed by atoms with E-state index in [9.17, 15) is 5.53 Å². The Morgan fingerprint density at radius 2 is 1.12 bits per heavy atom. The molecule has 1 aliphatic rings. The Labute approximate surface area is 205 Å². The van der Waals surface area contributed by atoms with Gasteiger partial charge in [-0.25, -0.2) is 4.70 Å². The number of unbranched alkanes of at least 4 members (excludes halogenated alkanes) is 3. The van der Waals surface area contributed by atoms with Crippen LogP contribution in [0.25, 0.3) is 16.9 Å². The molecule has 0 saturated carbocycles. The van der Waals surface area contributed by atoms with Gasteiger partial charge in [0, 0.05) is 38.8 Å². The number of nitrogens with zero attached hydrogens (tertiary/aromatic N) is 2. The van der Waals surface area contributed by atoms with Crippen molar-refractivity contribution in [3.05, 3.63) is 87.5 Å². The van der Waals surface area contributed by atoms with Gasteiger partial charge in [-0.3, -0.25) is 0 Å². The monoisotopic (exact) mass is 472 g/mol. The molecule has 174 valence electrons. The summed E-state index contributed by atoms with van der Waals surface area (Å²) in [5, 5.41) is 0. The first kappa shape index (κ1) is 26.3. The van der Waals surface area contributed by atoms with Crippen molar-refractivity contribution in [2.45, 2.75) is 85.5 Å². The van der Waals surface area contributed by atoms with Gasteiger partial charge < -0.3 is 5.53 Å². The van der Waals surface area contributed by atoms with Crippen molar-refractivity contribution in [2.24, 2.45) is 0 Å². The molecular formula is C29H38N2Ni. The number of aryl methyl sites for hydroxylation is 2. The third-order valence-electron chi connectivity index (χ3n) is 6.39. The summed E-state index contributed by atoms with van der Waals surface area (Å²) in [6.45, 7) is 8.87. The second-order valence-electron chi connectivity index (χ2n) is 8.63. The summed E-state index contributed by atoms with van der Waals surface area (Å²) in [5.74, 6) is 0. The maximum Gasteiger partial charge on any atom is 0.211 e. The maximum absolute atomic E-state index is 11.6. The summed E-state index contributed by atoms with van der Waals surface area (Å²) >= 11 is 0. The van der Waals surface area contributed by atoms with Gasteiger partial charge in [0.05, 0.1) is 0 Å². The topological polar surface area (TPSA) is 25.3 Å². The molecule has 1 heterocycles. The van der Waals surface area contributed by atoms with Crippen molar-refractivity contribution in [3.8, 4) is 0 Å². The third-order valence-corrected chi connectivity index (χ3v) is 6.39. The fourth-order valence-corrected chi connectivity index (χ4v) is 4.57. The first-order valence-electron chi connectivity index (χ1n) is 12.3. The van der Waals surface area contributed by atoms with E-state index in [1.165, 1.54) is 39.8 Å². The average Bonchev–Trinajstić information content (AvgIpc) is 3.08. The molecule has 3 rings (SSSR count). The summed E-state index contributed by atoms with van der Waals surface area (Å²) in [5.41, 5.74) is 21.1. The molecule has 1 aliphatic heterocycles. The SMILES string of the molecule is CCCCCC1=C(c2cccc(CC)c2)[N+](=[N-])C(c2cccc(CC)c2)=C1CCCC.[Ni]. The van der Waals surface area contributed by atoms with Gasteiger partial charge in [0.1, 0.15) is 0 Å². The van der Waals surface area contributed by atoms with Crippen LogP contribution in [0.3, 0.4) is 0 Å². The molecule has 0 aromatic heterocycles. The van der Waals surface area contributed by atoms with Gasteiger partial charge in [-0.15, -0.1) is 0 Å². The molecule has 0 N–H and O–H groups in total. The van der Waals surface area contributed by atoms with Crippen LogP contribution in [-0.4, -0.2) is 4.70 Å². The number of allylic oxidation sites excluding steroid dienone is 2. The fraction of sp³-hybridized carbons (Fsp3) is 0.448. The summed E-state index contributed by atoms with van der Waals surface area (Å²) in [4.78, 5) is 0. The van der Waals surface area contributed by atoms with Gasteiger partial charge in [-0.1, -0.05) is 71.2 Å². The van der Waals surface area contributed by atoms with Gasteiger partial charge >= 0.3 is 0 Å². The van der Waals surface area contributed by atoms with Crippen LogP contribution >= 0.6 is 0 Å². The first-order valence-corrected chi connectivity index (χ1v) is 12.3. The molecule has 0 atom stereocenters. The Morgan fingerprint density at radius 1 is 0.656 bits per heavy atom. The molecule has 0 unspecified atom stereocenters. The average molecular weight is 473 g/mol. The molecule has 0 bridgehead atoms. The van der Waals surface area contributed by atoms with E-state index >= 15 is 0 Å². The summed E-state index contributed by atoms with van der Waals surface area (Å²) < 4.78 is 1.51. The molecular weight excluding hydrogens is 435 g/mol. The predicted octanol–water partition coefficient (Wildman–Crippen LogP) is 8.75. The molecule has 2 nitrogen and oxygen atoms in total. The summed E-state index contributed by atoms with van der Waals surface area (Å²) in [6, 6.07) is 17.4. The van der Waals surface area contributed by atoms with Crippen molar-refractivity contribution in [1.82, 2.24) is 0 Å². The van der Waals surface area contributed by atoms with Gasteiger partial charge in [0.25, 0.3) is 0 Å². The largest absolute Gasteiger partial charge is 0.493 e. The molecule has 2 aromatic carbocycles. The number of benzene rings is 2. The Balaban J connectivity index is 0.00000363. The van der Waals surface area contributed by atoms with Crippen molar-refractivity contribution in [3.63, 3.8) is 0 Å². The zero-order valence-electron chi connectivity index (χ0n) is 20.2. The van der Waals surface area contributed by atoms with Crippen LogP contribution < -0.4 is 0 Å². The van der Waals surface area contributed by atoms with Gasteiger partial charge in [-0.05, 0) is 73.9 Å². The van der Waals surface area contributed by atoms with Crippen molar-refractivity contribution in [1.29, 1.82) is 0 Å². The van der Waals surface area contributed by atoms with Crippen LogP contribution in [0, 0.1) is 0 Å². The van der Waals surface area contributed by atoms with Crippen molar-refractivity contribution >= 4 is 11.4 Å². The zero-order chi connectivity index (χ0) is 22.2. The number of rotatable bonds is 11. The van der Waals surface area contributed by atoms with Crippen LogP contribution in [0.15, 0.2) is 59.7 Å².